The summed E-state index contributed by atoms with van der Waals surface area (Å²) in [4.78, 5) is 24.7. The molecule has 0 unspecified atom stereocenters. The molecule has 0 saturated heterocycles. The second-order valence-corrected chi connectivity index (χ2v) is 6.32. The number of carbonyl (C=O) groups is 2. The summed E-state index contributed by atoms with van der Waals surface area (Å²) in [6.07, 6.45) is 5.21. The quantitative estimate of drug-likeness (QED) is 0.343. The molecule has 138 valence electrons. The van der Waals surface area contributed by atoms with Gasteiger partial charge in [-0.1, -0.05) is 56.5 Å². The van der Waals surface area contributed by atoms with Crippen LogP contribution >= 0.6 is 0 Å². The van der Waals surface area contributed by atoms with Gasteiger partial charge in [0.25, 0.3) is 0 Å². The van der Waals surface area contributed by atoms with Crippen molar-refractivity contribution in [1.82, 2.24) is 0 Å². The number of para-hydroxylation sites is 1. The lowest BCUT2D eigenvalue weighted by Gasteiger charge is -2.15. The highest BCUT2D eigenvalue weighted by Gasteiger charge is 2.19. The summed E-state index contributed by atoms with van der Waals surface area (Å²) in [5.74, 6) is -0.757. The molecule has 0 heterocycles. The first-order chi connectivity index (χ1) is 12.6. The minimum absolute atomic E-state index is 0.169. The smallest absolute Gasteiger partial charge is 0.343 e. The van der Waals surface area contributed by atoms with Crippen LogP contribution in [0, 0.1) is 0 Å². The average molecular weight is 354 g/mol. The first-order valence-corrected chi connectivity index (χ1v) is 9.19. The van der Waals surface area contributed by atoms with Crippen LogP contribution in [0.15, 0.2) is 54.6 Å². The maximum Gasteiger partial charge on any atom is 0.343 e. The van der Waals surface area contributed by atoms with Crippen LogP contribution in [0.2, 0.25) is 0 Å². The summed E-state index contributed by atoms with van der Waals surface area (Å²) in [5.41, 5.74) is 0.692. The summed E-state index contributed by atoms with van der Waals surface area (Å²) in [6, 6.07) is 15.3. The van der Waals surface area contributed by atoms with E-state index < -0.39 is 11.9 Å². The lowest BCUT2D eigenvalue weighted by atomic mass is 10.1. The topological polar surface area (TPSA) is 52.6 Å². The zero-order valence-corrected chi connectivity index (χ0v) is 15.4. The van der Waals surface area contributed by atoms with Crippen molar-refractivity contribution in [2.75, 3.05) is 0 Å². The largest absolute Gasteiger partial charge is 0.459 e. The standard InChI is InChI=1S/C22H26O4/c1-3-4-5-7-12-17(2)25-22(24)19-15-10-11-16-20(19)26-21(23)18-13-8-6-9-14-18/h6,8-11,13-17H,3-5,7,12H2,1-2H3/t17-/m1/s1. The molecule has 0 bridgehead atoms. The SMILES string of the molecule is CCCCCC[C@@H](C)OC(=O)c1ccccc1OC(=O)c1ccccc1. The molecule has 2 aromatic rings. The highest BCUT2D eigenvalue weighted by molar-refractivity contribution is 5.96. The molecule has 0 aromatic heterocycles. The molecule has 2 rings (SSSR count). The number of benzene rings is 2. The van der Waals surface area contributed by atoms with Crippen LogP contribution in [0.4, 0.5) is 0 Å². The van der Waals surface area contributed by atoms with Crippen molar-refractivity contribution in [1.29, 1.82) is 0 Å². The van der Waals surface area contributed by atoms with Crippen LogP contribution in [0.25, 0.3) is 0 Å². The lowest BCUT2D eigenvalue weighted by molar-refractivity contribution is 0.0315. The molecule has 26 heavy (non-hydrogen) atoms. The zero-order chi connectivity index (χ0) is 18.8. The van der Waals surface area contributed by atoms with Crippen LogP contribution < -0.4 is 4.74 Å². The van der Waals surface area contributed by atoms with E-state index in [9.17, 15) is 9.59 Å². The molecule has 0 aliphatic carbocycles. The molecule has 0 spiro atoms. The Hall–Kier alpha value is -2.62. The van der Waals surface area contributed by atoms with Gasteiger partial charge in [-0.25, -0.2) is 9.59 Å². The Morgan fingerprint density at radius 3 is 2.31 bits per heavy atom. The molecule has 0 N–H and O–H groups in total. The first kappa shape index (κ1) is 19.7. The minimum atomic E-state index is -0.501. The second-order valence-electron chi connectivity index (χ2n) is 6.32. The Bertz CT molecular complexity index is 709. The first-order valence-electron chi connectivity index (χ1n) is 9.19. The van der Waals surface area contributed by atoms with Gasteiger partial charge in [-0.05, 0) is 44.0 Å². The van der Waals surface area contributed by atoms with Crippen molar-refractivity contribution in [2.24, 2.45) is 0 Å². The van der Waals surface area contributed by atoms with Crippen molar-refractivity contribution >= 4 is 11.9 Å². The normalized spacial score (nSPS) is 11.6. The van der Waals surface area contributed by atoms with E-state index in [-0.39, 0.29) is 17.4 Å². The lowest BCUT2D eigenvalue weighted by Crippen LogP contribution is -2.17. The van der Waals surface area contributed by atoms with Crippen molar-refractivity contribution in [2.45, 2.75) is 52.1 Å². The van der Waals surface area contributed by atoms with Crippen molar-refractivity contribution in [3.63, 3.8) is 0 Å². The van der Waals surface area contributed by atoms with Gasteiger partial charge in [0.1, 0.15) is 11.3 Å². The molecule has 2 aromatic carbocycles. The van der Waals surface area contributed by atoms with Crippen LogP contribution in [0.5, 0.6) is 5.75 Å². The molecule has 4 nitrogen and oxygen atoms in total. The van der Waals surface area contributed by atoms with Crippen molar-refractivity contribution in [3.8, 4) is 5.75 Å². The predicted molar refractivity (Wildman–Crippen MR) is 101 cm³/mol. The van der Waals surface area contributed by atoms with Gasteiger partial charge in [-0.3, -0.25) is 0 Å². The van der Waals surface area contributed by atoms with E-state index in [4.69, 9.17) is 9.47 Å². The minimum Gasteiger partial charge on any atom is -0.459 e. The Morgan fingerprint density at radius 1 is 0.885 bits per heavy atom. The highest BCUT2D eigenvalue weighted by atomic mass is 16.6. The van der Waals surface area contributed by atoms with Crippen LogP contribution in [0.3, 0.4) is 0 Å². The van der Waals surface area contributed by atoms with E-state index >= 15 is 0 Å². The van der Waals surface area contributed by atoms with Crippen LogP contribution in [-0.2, 0) is 4.74 Å². The molecule has 4 heteroatoms. The number of esters is 2. The van der Waals surface area contributed by atoms with Gasteiger partial charge in [-0.15, -0.1) is 0 Å². The van der Waals surface area contributed by atoms with Crippen molar-refractivity contribution < 1.29 is 19.1 Å². The summed E-state index contributed by atoms with van der Waals surface area (Å²) < 4.78 is 10.9. The Labute approximate surface area is 155 Å². The van der Waals surface area contributed by atoms with Gasteiger partial charge in [0.2, 0.25) is 0 Å². The zero-order valence-electron chi connectivity index (χ0n) is 15.4. The molecule has 0 aliphatic heterocycles. The Balaban J connectivity index is 1.99. The third-order valence-electron chi connectivity index (χ3n) is 4.09. The molecule has 1 atom stereocenters. The Kier molecular flexibility index (Phi) is 7.87. The molecule has 0 amide bonds. The fraction of sp³-hybridized carbons (Fsp3) is 0.364. The van der Waals surface area contributed by atoms with E-state index in [1.54, 1.807) is 48.5 Å². The fourth-order valence-electron chi connectivity index (χ4n) is 2.62. The molecule has 0 radical (unpaired) electrons. The van der Waals surface area contributed by atoms with Crippen molar-refractivity contribution in [3.05, 3.63) is 65.7 Å². The summed E-state index contributed by atoms with van der Waals surface area (Å²) in [7, 11) is 0. The third-order valence-corrected chi connectivity index (χ3v) is 4.09. The maximum atomic E-state index is 12.5. The van der Waals surface area contributed by atoms with Crippen LogP contribution in [-0.4, -0.2) is 18.0 Å². The molecule has 0 fully saturated rings. The molecule has 0 aliphatic rings. The Morgan fingerprint density at radius 2 is 1.58 bits per heavy atom. The van der Waals surface area contributed by atoms with Gasteiger partial charge < -0.3 is 9.47 Å². The third kappa shape index (κ3) is 6.03. The molecular weight excluding hydrogens is 328 g/mol. The number of ether oxygens (including phenoxy) is 2. The number of unbranched alkanes of at least 4 members (excludes halogenated alkanes) is 3. The monoisotopic (exact) mass is 354 g/mol. The number of rotatable bonds is 9. The summed E-state index contributed by atoms with van der Waals surface area (Å²) >= 11 is 0. The van der Waals surface area contributed by atoms with E-state index in [1.807, 2.05) is 13.0 Å². The number of hydrogen-bond donors (Lipinski definition) is 0. The summed E-state index contributed by atoms with van der Waals surface area (Å²) in [6.45, 7) is 4.06. The van der Waals surface area contributed by atoms with Gasteiger partial charge >= 0.3 is 11.9 Å². The summed E-state index contributed by atoms with van der Waals surface area (Å²) in [5, 5.41) is 0. The molecule has 0 saturated carbocycles. The van der Waals surface area contributed by atoms with E-state index in [0.717, 1.165) is 19.3 Å². The fourth-order valence-corrected chi connectivity index (χ4v) is 2.62. The van der Waals surface area contributed by atoms with Gasteiger partial charge in [0, 0.05) is 0 Å². The van der Waals surface area contributed by atoms with Crippen LogP contribution in [0.1, 0.15) is 66.7 Å². The van der Waals surface area contributed by atoms with E-state index in [0.29, 0.717) is 5.56 Å². The van der Waals surface area contributed by atoms with E-state index in [2.05, 4.69) is 6.92 Å². The van der Waals surface area contributed by atoms with Gasteiger partial charge in [0.15, 0.2) is 0 Å². The molecular formula is C22H26O4. The number of hydrogen-bond acceptors (Lipinski definition) is 4. The van der Waals surface area contributed by atoms with Gasteiger partial charge in [-0.2, -0.15) is 0 Å². The van der Waals surface area contributed by atoms with Gasteiger partial charge in [0.05, 0.1) is 11.7 Å². The highest BCUT2D eigenvalue weighted by Crippen LogP contribution is 2.21. The predicted octanol–water partition coefficient (Wildman–Crippen LogP) is 5.42. The maximum absolute atomic E-state index is 12.5. The second kappa shape index (κ2) is 10.4. The number of carbonyl (C=O) groups excluding carboxylic acids is 2. The average Bonchev–Trinajstić information content (AvgIpc) is 2.66. The van der Waals surface area contributed by atoms with E-state index in [1.165, 1.54) is 12.8 Å².